The van der Waals surface area contributed by atoms with E-state index in [0.717, 1.165) is 0 Å². The maximum Gasteiger partial charge on any atom is 0.240 e. The number of ether oxygens (including phenoxy) is 1. The summed E-state index contributed by atoms with van der Waals surface area (Å²) in [5.41, 5.74) is 2.48. The molecule has 0 atom stereocenters. The zero-order chi connectivity index (χ0) is 23.5. The number of benzene rings is 2. The van der Waals surface area contributed by atoms with E-state index in [9.17, 15) is 18.4 Å². The average Bonchev–Trinajstić information content (AvgIpc) is 3.12. The van der Waals surface area contributed by atoms with Crippen LogP contribution < -0.4 is 15.0 Å². The normalized spacial score (nSPS) is 11.9. The monoisotopic (exact) mass is 474 g/mol. The number of hydrogen-bond donors (Lipinski definition) is 1. The van der Waals surface area contributed by atoms with Gasteiger partial charge in [-0.25, -0.2) is 8.78 Å². The van der Waals surface area contributed by atoms with Gasteiger partial charge >= 0.3 is 0 Å². The summed E-state index contributed by atoms with van der Waals surface area (Å²) in [6.07, 6.45) is -0.150. The molecule has 33 heavy (non-hydrogen) atoms. The van der Waals surface area contributed by atoms with Crippen molar-refractivity contribution < 1.29 is 23.1 Å². The van der Waals surface area contributed by atoms with E-state index in [1.165, 1.54) is 23.1 Å². The zero-order valence-electron chi connectivity index (χ0n) is 17.8. The van der Waals surface area contributed by atoms with Gasteiger partial charge in [-0.05, 0) is 35.9 Å². The third-order valence-electron chi connectivity index (χ3n) is 5.21. The fourth-order valence-electron chi connectivity index (χ4n) is 3.79. The Morgan fingerprint density at radius 2 is 2.09 bits per heavy atom. The van der Waals surface area contributed by atoms with Crippen LogP contribution in [-0.4, -0.2) is 41.4 Å². The second-order valence-corrected chi connectivity index (χ2v) is 7.97. The number of nitrogens with zero attached hydrogens (tertiary/aromatic N) is 3. The van der Waals surface area contributed by atoms with Gasteiger partial charge in [-0.3, -0.25) is 19.2 Å². The third-order valence-corrected chi connectivity index (χ3v) is 5.45. The van der Waals surface area contributed by atoms with Gasteiger partial charge in [-0.2, -0.15) is 5.10 Å². The summed E-state index contributed by atoms with van der Waals surface area (Å²) >= 11 is 6.17. The van der Waals surface area contributed by atoms with Gasteiger partial charge in [0.15, 0.2) is 5.82 Å². The van der Waals surface area contributed by atoms with Crippen LogP contribution in [0.3, 0.4) is 0 Å². The molecule has 0 fully saturated rings. The van der Waals surface area contributed by atoms with Crippen molar-refractivity contribution in [2.45, 2.75) is 13.0 Å². The Labute approximate surface area is 193 Å². The van der Waals surface area contributed by atoms with Crippen LogP contribution in [0.4, 0.5) is 14.6 Å². The predicted molar refractivity (Wildman–Crippen MR) is 119 cm³/mol. The molecular formula is C23H21ClF2N4O3. The summed E-state index contributed by atoms with van der Waals surface area (Å²) in [7, 11) is 1.72. The molecule has 1 aliphatic heterocycles. The molecule has 1 N–H and O–H groups in total. The summed E-state index contributed by atoms with van der Waals surface area (Å²) < 4.78 is 33.6. The largest absolute Gasteiger partial charge is 0.488 e. The van der Waals surface area contributed by atoms with E-state index in [-0.39, 0.29) is 31.9 Å². The molecule has 172 valence electrons. The fourth-order valence-corrected chi connectivity index (χ4v) is 3.96. The molecule has 0 aliphatic carbocycles. The van der Waals surface area contributed by atoms with Crippen molar-refractivity contribution >= 4 is 29.2 Å². The van der Waals surface area contributed by atoms with Crippen LogP contribution in [0.5, 0.6) is 5.75 Å². The number of amides is 2. The SMILES string of the molecule is Cn1nc(N(CC(=O)NCCF)C(=O)Cc2cccc(F)c2)c2c1-c1cc(Cl)ccc1OC2. The highest BCUT2D eigenvalue weighted by Crippen LogP contribution is 2.42. The van der Waals surface area contributed by atoms with E-state index in [1.54, 1.807) is 36.0 Å². The van der Waals surface area contributed by atoms with Crippen molar-refractivity contribution in [1.29, 1.82) is 0 Å². The lowest BCUT2D eigenvalue weighted by Gasteiger charge is -2.24. The van der Waals surface area contributed by atoms with Crippen molar-refractivity contribution in [3.05, 3.63) is 64.4 Å². The van der Waals surface area contributed by atoms with E-state index in [4.69, 9.17) is 16.3 Å². The quantitative estimate of drug-likeness (QED) is 0.569. The Kier molecular flexibility index (Phi) is 6.60. The predicted octanol–water partition coefficient (Wildman–Crippen LogP) is 3.43. The number of carbonyl (C=O) groups excluding carboxylic acids is 2. The number of anilines is 1. The summed E-state index contributed by atoms with van der Waals surface area (Å²) in [6.45, 7) is -1.14. The molecular weight excluding hydrogens is 454 g/mol. The van der Waals surface area contributed by atoms with Crippen molar-refractivity contribution in [2.24, 2.45) is 7.05 Å². The number of aromatic nitrogens is 2. The lowest BCUT2D eigenvalue weighted by molar-refractivity contribution is -0.123. The zero-order valence-corrected chi connectivity index (χ0v) is 18.5. The van der Waals surface area contributed by atoms with Crippen LogP contribution in [0.2, 0.25) is 5.02 Å². The lowest BCUT2D eigenvalue weighted by atomic mass is 10.0. The first-order chi connectivity index (χ1) is 15.9. The van der Waals surface area contributed by atoms with Crippen LogP contribution in [-0.2, 0) is 29.7 Å². The van der Waals surface area contributed by atoms with Gasteiger partial charge in [-0.1, -0.05) is 23.7 Å². The Morgan fingerprint density at radius 3 is 2.85 bits per heavy atom. The molecule has 1 aliphatic rings. The molecule has 1 aromatic heterocycles. The lowest BCUT2D eigenvalue weighted by Crippen LogP contribution is -2.42. The Balaban J connectivity index is 1.72. The minimum absolute atomic E-state index is 0.128. The van der Waals surface area contributed by atoms with E-state index < -0.39 is 24.3 Å². The Morgan fingerprint density at radius 1 is 1.27 bits per heavy atom. The summed E-state index contributed by atoms with van der Waals surface area (Å²) in [5.74, 6) is -0.604. The number of alkyl halides is 1. The van der Waals surface area contributed by atoms with E-state index >= 15 is 0 Å². The van der Waals surface area contributed by atoms with Crippen molar-refractivity contribution in [3.63, 3.8) is 0 Å². The van der Waals surface area contributed by atoms with Crippen LogP contribution in [0.25, 0.3) is 11.3 Å². The standard InChI is InChI=1S/C23H21ClF2N4O3/c1-29-22-17-11-15(24)5-6-19(17)33-13-18(22)23(28-29)30(12-20(31)27-8-7-25)21(32)10-14-3-2-4-16(26)9-14/h2-6,9,11H,7-8,10,12-13H2,1H3,(H,27,31). The number of rotatable bonds is 7. The Hall–Kier alpha value is -3.46. The number of halogens is 3. The second-order valence-electron chi connectivity index (χ2n) is 7.53. The van der Waals surface area contributed by atoms with E-state index in [0.29, 0.717) is 33.2 Å². The topological polar surface area (TPSA) is 76.5 Å². The van der Waals surface area contributed by atoms with Gasteiger partial charge in [0, 0.05) is 24.2 Å². The molecule has 3 aromatic rings. The highest BCUT2D eigenvalue weighted by Gasteiger charge is 2.31. The first-order valence-corrected chi connectivity index (χ1v) is 10.6. The number of aryl methyl sites for hydroxylation is 1. The molecule has 0 bridgehead atoms. The second kappa shape index (κ2) is 9.58. The molecule has 0 unspecified atom stereocenters. The number of nitrogens with one attached hydrogen (secondary N) is 1. The number of hydrogen-bond acceptors (Lipinski definition) is 4. The smallest absolute Gasteiger partial charge is 0.240 e. The molecule has 2 amide bonds. The molecule has 10 heteroatoms. The highest BCUT2D eigenvalue weighted by molar-refractivity contribution is 6.31. The maximum atomic E-state index is 13.6. The van der Waals surface area contributed by atoms with Crippen LogP contribution in [0, 0.1) is 5.82 Å². The fraction of sp³-hybridized carbons (Fsp3) is 0.261. The van der Waals surface area contributed by atoms with Gasteiger partial charge in [0.1, 0.15) is 31.4 Å². The molecule has 0 saturated carbocycles. The molecule has 0 radical (unpaired) electrons. The number of carbonyl (C=O) groups is 2. The molecule has 2 aromatic carbocycles. The average molecular weight is 475 g/mol. The molecule has 0 spiro atoms. The summed E-state index contributed by atoms with van der Waals surface area (Å²) in [4.78, 5) is 26.9. The first kappa shape index (κ1) is 22.7. The van der Waals surface area contributed by atoms with Crippen molar-refractivity contribution in [1.82, 2.24) is 15.1 Å². The molecule has 4 rings (SSSR count). The van der Waals surface area contributed by atoms with Crippen LogP contribution in [0.15, 0.2) is 42.5 Å². The first-order valence-electron chi connectivity index (χ1n) is 10.2. The molecule has 0 saturated heterocycles. The van der Waals surface area contributed by atoms with Gasteiger partial charge in [0.25, 0.3) is 0 Å². The van der Waals surface area contributed by atoms with Crippen molar-refractivity contribution in [3.8, 4) is 17.0 Å². The summed E-state index contributed by atoms with van der Waals surface area (Å²) in [6, 6.07) is 10.9. The van der Waals surface area contributed by atoms with Crippen LogP contribution in [0.1, 0.15) is 11.1 Å². The third kappa shape index (κ3) is 4.83. The summed E-state index contributed by atoms with van der Waals surface area (Å²) in [5, 5.41) is 7.44. The minimum atomic E-state index is -0.729. The number of fused-ring (bicyclic) bond motifs is 3. The van der Waals surface area contributed by atoms with Gasteiger partial charge in [0.2, 0.25) is 11.8 Å². The van der Waals surface area contributed by atoms with Crippen molar-refractivity contribution in [2.75, 3.05) is 24.7 Å². The maximum absolute atomic E-state index is 13.6. The van der Waals surface area contributed by atoms with E-state index in [1.807, 2.05) is 0 Å². The Bertz CT molecular complexity index is 1210. The van der Waals surface area contributed by atoms with Gasteiger partial charge in [-0.15, -0.1) is 0 Å². The van der Waals surface area contributed by atoms with Crippen LogP contribution >= 0.6 is 11.6 Å². The highest BCUT2D eigenvalue weighted by atomic mass is 35.5. The van der Waals surface area contributed by atoms with Gasteiger partial charge < -0.3 is 10.1 Å². The molecule has 2 heterocycles. The van der Waals surface area contributed by atoms with Gasteiger partial charge in [0.05, 0.1) is 17.7 Å². The minimum Gasteiger partial charge on any atom is -0.488 e. The van der Waals surface area contributed by atoms with E-state index in [2.05, 4.69) is 10.4 Å². The molecule has 7 nitrogen and oxygen atoms in total.